The average molecular weight is 458 g/mol. The van der Waals surface area contributed by atoms with Crippen molar-refractivity contribution in [2.24, 2.45) is 5.16 Å². The van der Waals surface area contributed by atoms with E-state index in [9.17, 15) is 9.18 Å². The van der Waals surface area contributed by atoms with Gasteiger partial charge in [0.2, 0.25) is 0 Å². The highest BCUT2D eigenvalue weighted by Gasteiger charge is 2.14. The fourth-order valence-corrected chi connectivity index (χ4v) is 2.78. The first-order chi connectivity index (χ1) is 12.0. The number of ether oxygens (including phenoxy) is 2. The molecule has 8 heteroatoms. The maximum absolute atomic E-state index is 12.9. The molecule has 0 bridgehead atoms. The minimum atomic E-state index is -0.383. The summed E-state index contributed by atoms with van der Waals surface area (Å²) in [6.45, 7) is 2.00. The van der Waals surface area contributed by atoms with Crippen LogP contribution in [0.3, 0.4) is 0 Å². The first kappa shape index (κ1) is 19.0. The Hall–Kier alpha value is -2.36. The normalized spacial score (nSPS) is 10.7. The minimum Gasteiger partial charge on any atom is -0.490 e. The van der Waals surface area contributed by atoms with Gasteiger partial charge in [-0.2, -0.15) is 0 Å². The van der Waals surface area contributed by atoms with Crippen molar-refractivity contribution in [3.05, 3.63) is 51.3 Å². The number of oxime groups is 1. The monoisotopic (exact) mass is 458 g/mol. The Labute approximate surface area is 157 Å². The molecule has 2 N–H and O–H groups in total. The van der Waals surface area contributed by atoms with Crippen molar-refractivity contribution in [3.8, 4) is 11.5 Å². The van der Waals surface area contributed by atoms with Crippen molar-refractivity contribution in [2.75, 3.05) is 18.5 Å². The smallest absolute Gasteiger partial charge is 0.262 e. The molecular formula is C17H16FIN2O4. The molecule has 132 valence electrons. The lowest BCUT2D eigenvalue weighted by Crippen LogP contribution is -2.20. The van der Waals surface area contributed by atoms with E-state index in [0.29, 0.717) is 32.9 Å². The maximum Gasteiger partial charge on any atom is 0.262 e. The zero-order chi connectivity index (χ0) is 18.2. The molecule has 0 radical (unpaired) electrons. The van der Waals surface area contributed by atoms with Gasteiger partial charge in [-0.3, -0.25) is 4.79 Å². The number of halogens is 2. The minimum absolute atomic E-state index is 0.235. The van der Waals surface area contributed by atoms with E-state index in [0.717, 1.165) is 0 Å². The molecule has 2 rings (SSSR count). The molecular weight excluding hydrogens is 442 g/mol. The van der Waals surface area contributed by atoms with Crippen LogP contribution >= 0.6 is 22.6 Å². The molecule has 0 aliphatic heterocycles. The predicted molar refractivity (Wildman–Crippen MR) is 100 cm³/mol. The Morgan fingerprint density at radius 1 is 1.32 bits per heavy atom. The molecule has 0 aliphatic carbocycles. The molecule has 0 atom stereocenters. The van der Waals surface area contributed by atoms with Crippen LogP contribution in [0.15, 0.2) is 41.6 Å². The van der Waals surface area contributed by atoms with Gasteiger partial charge in [0.05, 0.1) is 16.4 Å². The quantitative estimate of drug-likeness (QED) is 0.287. The Morgan fingerprint density at radius 2 is 2.04 bits per heavy atom. The summed E-state index contributed by atoms with van der Waals surface area (Å²) < 4.78 is 24.7. The number of hydrogen-bond donors (Lipinski definition) is 2. The van der Waals surface area contributed by atoms with Crippen LogP contribution in [0.5, 0.6) is 11.5 Å². The highest BCUT2D eigenvalue weighted by atomic mass is 127. The molecule has 0 heterocycles. The summed E-state index contributed by atoms with van der Waals surface area (Å²) in [4.78, 5) is 12.0. The number of rotatable bonds is 7. The van der Waals surface area contributed by atoms with Crippen molar-refractivity contribution in [1.82, 2.24) is 0 Å². The number of carbonyl (C=O) groups is 1. The van der Waals surface area contributed by atoms with E-state index >= 15 is 0 Å². The lowest BCUT2D eigenvalue weighted by Gasteiger charge is -2.14. The fourth-order valence-electron chi connectivity index (χ4n) is 2.00. The van der Waals surface area contributed by atoms with E-state index in [1.54, 1.807) is 12.1 Å². The second-order valence-corrected chi connectivity index (χ2v) is 6.01. The van der Waals surface area contributed by atoms with Crippen LogP contribution in [-0.4, -0.2) is 30.5 Å². The Bertz CT molecular complexity index is 766. The third-order valence-corrected chi connectivity index (χ3v) is 3.82. The zero-order valence-electron chi connectivity index (χ0n) is 13.3. The molecule has 0 spiro atoms. The second-order valence-electron chi connectivity index (χ2n) is 4.85. The molecule has 2 aromatic rings. The van der Waals surface area contributed by atoms with Crippen LogP contribution in [0.4, 0.5) is 10.1 Å². The van der Waals surface area contributed by atoms with Gasteiger partial charge < -0.3 is 20.0 Å². The zero-order valence-corrected chi connectivity index (χ0v) is 15.5. The molecule has 1 amide bonds. The molecule has 6 nitrogen and oxygen atoms in total. The molecule has 0 saturated heterocycles. The Balaban J connectivity index is 2.08. The van der Waals surface area contributed by atoms with Crippen LogP contribution in [0.25, 0.3) is 0 Å². The third-order valence-electron chi connectivity index (χ3n) is 3.01. The topological polar surface area (TPSA) is 80.2 Å². The van der Waals surface area contributed by atoms with Gasteiger partial charge in [0.25, 0.3) is 5.91 Å². The van der Waals surface area contributed by atoms with Crippen molar-refractivity contribution >= 4 is 40.4 Å². The molecule has 0 aromatic heterocycles. The van der Waals surface area contributed by atoms with Gasteiger partial charge in [0, 0.05) is 11.3 Å². The van der Waals surface area contributed by atoms with E-state index in [2.05, 4.69) is 10.5 Å². The average Bonchev–Trinajstić information content (AvgIpc) is 2.57. The molecule has 2 aromatic carbocycles. The molecule has 0 fully saturated rings. The molecule has 0 aliphatic rings. The lowest BCUT2D eigenvalue weighted by atomic mass is 10.2. The highest BCUT2D eigenvalue weighted by Crippen LogP contribution is 2.34. The van der Waals surface area contributed by atoms with Gasteiger partial charge >= 0.3 is 0 Å². The summed E-state index contributed by atoms with van der Waals surface area (Å²) in [7, 11) is 0. The van der Waals surface area contributed by atoms with Crippen molar-refractivity contribution in [1.29, 1.82) is 0 Å². The predicted octanol–water partition coefficient (Wildman–Crippen LogP) is 3.65. The lowest BCUT2D eigenvalue weighted by molar-refractivity contribution is -0.118. The van der Waals surface area contributed by atoms with Gasteiger partial charge in [0.15, 0.2) is 18.1 Å². The van der Waals surface area contributed by atoms with Crippen LogP contribution in [0, 0.1) is 9.39 Å². The summed E-state index contributed by atoms with van der Waals surface area (Å²) in [5.41, 5.74) is 1.11. The summed E-state index contributed by atoms with van der Waals surface area (Å²) in [6, 6.07) is 8.83. The number of amides is 1. The number of benzene rings is 2. The third kappa shape index (κ3) is 5.59. The van der Waals surface area contributed by atoms with E-state index in [1.807, 2.05) is 29.5 Å². The van der Waals surface area contributed by atoms with Crippen molar-refractivity contribution in [2.45, 2.75) is 6.92 Å². The number of carbonyl (C=O) groups excluding carboxylic acids is 1. The van der Waals surface area contributed by atoms with Crippen molar-refractivity contribution < 1.29 is 23.9 Å². The fraction of sp³-hybridized carbons (Fsp3) is 0.176. The summed E-state index contributed by atoms with van der Waals surface area (Å²) in [5, 5.41) is 14.3. The largest absolute Gasteiger partial charge is 0.490 e. The van der Waals surface area contributed by atoms with Gasteiger partial charge in [-0.1, -0.05) is 5.16 Å². The van der Waals surface area contributed by atoms with E-state index < -0.39 is 0 Å². The summed E-state index contributed by atoms with van der Waals surface area (Å²) in [6.07, 6.45) is 1.27. The van der Waals surface area contributed by atoms with E-state index in [1.165, 1.54) is 30.5 Å². The standard InChI is InChI=1S/C17H16FIN2O4/c1-2-24-15-8-11(9-20-23)7-14(19)17(15)25-10-16(22)21-13-5-3-12(18)4-6-13/h3-9,23H,2,10H2,1H3,(H,21,22). The first-order valence-electron chi connectivity index (χ1n) is 7.35. The first-order valence-corrected chi connectivity index (χ1v) is 8.43. The number of anilines is 1. The summed E-state index contributed by atoms with van der Waals surface area (Å²) in [5.74, 6) is 0.105. The van der Waals surface area contributed by atoms with Gasteiger partial charge in [-0.25, -0.2) is 4.39 Å². The Morgan fingerprint density at radius 3 is 2.68 bits per heavy atom. The van der Waals surface area contributed by atoms with Gasteiger partial charge in [-0.05, 0) is 65.9 Å². The van der Waals surface area contributed by atoms with Gasteiger partial charge in [-0.15, -0.1) is 0 Å². The van der Waals surface area contributed by atoms with E-state index in [-0.39, 0.29) is 18.3 Å². The van der Waals surface area contributed by atoms with E-state index in [4.69, 9.17) is 14.7 Å². The molecule has 25 heavy (non-hydrogen) atoms. The number of nitrogens with zero attached hydrogens (tertiary/aromatic N) is 1. The molecule has 0 unspecified atom stereocenters. The summed E-state index contributed by atoms with van der Waals surface area (Å²) >= 11 is 2.04. The van der Waals surface area contributed by atoms with Crippen LogP contribution in [0.2, 0.25) is 0 Å². The highest BCUT2D eigenvalue weighted by molar-refractivity contribution is 14.1. The molecule has 0 saturated carbocycles. The number of hydrogen-bond acceptors (Lipinski definition) is 5. The number of nitrogens with one attached hydrogen (secondary N) is 1. The Kier molecular flexibility index (Phi) is 6.99. The van der Waals surface area contributed by atoms with Crippen LogP contribution < -0.4 is 14.8 Å². The maximum atomic E-state index is 12.9. The second kappa shape index (κ2) is 9.21. The van der Waals surface area contributed by atoms with Crippen LogP contribution in [-0.2, 0) is 4.79 Å². The van der Waals surface area contributed by atoms with Crippen molar-refractivity contribution in [3.63, 3.8) is 0 Å². The van der Waals surface area contributed by atoms with Crippen LogP contribution in [0.1, 0.15) is 12.5 Å². The van der Waals surface area contributed by atoms with Gasteiger partial charge in [0.1, 0.15) is 5.82 Å². The SMILES string of the molecule is CCOc1cc(C=NO)cc(I)c1OCC(=O)Nc1ccc(F)cc1.